The van der Waals surface area contributed by atoms with Crippen LogP contribution in [0.5, 0.6) is 0 Å². The third kappa shape index (κ3) is 3.58. The summed E-state index contributed by atoms with van der Waals surface area (Å²) in [4.78, 5) is 14.4. The molecule has 0 amide bonds. The van der Waals surface area contributed by atoms with Crippen molar-refractivity contribution >= 4 is 32.7 Å². The summed E-state index contributed by atoms with van der Waals surface area (Å²) in [5, 5.41) is 3.36. The molecule has 0 aliphatic heterocycles. The van der Waals surface area contributed by atoms with Gasteiger partial charge in [0.15, 0.2) is 0 Å². The van der Waals surface area contributed by atoms with Gasteiger partial charge in [0.05, 0.1) is 27.9 Å². The molecule has 0 unspecified atom stereocenters. The van der Waals surface area contributed by atoms with E-state index in [1.165, 1.54) is 5.56 Å². The number of para-hydroxylation sites is 1. The van der Waals surface area contributed by atoms with Gasteiger partial charge in [-0.05, 0) is 53.6 Å². The lowest BCUT2D eigenvalue weighted by atomic mass is 10.00. The van der Waals surface area contributed by atoms with E-state index in [4.69, 9.17) is 9.97 Å². The van der Waals surface area contributed by atoms with E-state index in [-0.39, 0.29) is 0 Å². The fraction of sp³-hybridized carbons (Fsp3) is 0. The second kappa shape index (κ2) is 8.40. The van der Waals surface area contributed by atoms with E-state index in [0.29, 0.717) is 0 Å². The van der Waals surface area contributed by atoms with Gasteiger partial charge in [0.1, 0.15) is 0 Å². The van der Waals surface area contributed by atoms with Crippen molar-refractivity contribution in [1.29, 1.82) is 0 Å². The van der Waals surface area contributed by atoms with Crippen LogP contribution in [-0.4, -0.2) is 15.0 Å². The van der Waals surface area contributed by atoms with Crippen LogP contribution in [0.1, 0.15) is 0 Å². The van der Waals surface area contributed by atoms with Crippen LogP contribution in [-0.2, 0) is 0 Å². The van der Waals surface area contributed by atoms with Crippen LogP contribution >= 0.6 is 0 Å². The average molecular weight is 460 g/mol. The summed E-state index contributed by atoms with van der Waals surface area (Å²) in [6.45, 7) is 0. The molecule has 168 valence electrons. The number of fused-ring (bicyclic) bond motifs is 3. The summed E-state index contributed by atoms with van der Waals surface area (Å²) in [5.74, 6) is 0. The summed E-state index contributed by atoms with van der Waals surface area (Å²) < 4.78 is 0. The molecule has 0 aliphatic carbocycles. The third-order valence-corrected chi connectivity index (χ3v) is 6.69. The molecule has 4 aromatic carbocycles. The van der Waals surface area contributed by atoms with Crippen LogP contribution in [0.3, 0.4) is 0 Å². The Morgan fingerprint density at radius 2 is 1.08 bits per heavy atom. The Morgan fingerprint density at radius 3 is 1.83 bits per heavy atom. The SMILES string of the molecule is c1ccc(-c2ccc3cc(-c4ccc5nc(-c6cccc7cccnc67)ccc5c4)ccc3n2)cc1. The number of hydrogen-bond donors (Lipinski definition) is 0. The van der Waals surface area contributed by atoms with E-state index in [0.717, 1.165) is 60.8 Å². The minimum absolute atomic E-state index is 0.936. The lowest BCUT2D eigenvalue weighted by molar-refractivity contribution is 1.37. The third-order valence-electron chi connectivity index (χ3n) is 6.69. The van der Waals surface area contributed by atoms with Crippen molar-refractivity contribution in [2.75, 3.05) is 0 Å². The van der Waals surface area contributed by atoms with E-state index in [1.807, 2.05) is 30.5 Å². The summed E-state index contributed by atoms with van der Waals surface area (Å²) in [6.07, 6.45) is 1.83. The van der Waals surface area contributed by atoms with E-state index >= 15 is 0 Å². The van der Waals surface area contributed by atoms with Crippen molar-refractivity contribution < 1.29 is 0 Å². The monoisotopic (exact) mass is 459 g/mol. The van der Waals surface area contributed by atoms with Gasteiger partial charge in [0, 0.05) is 33.5 Å². The summed E-state index contributed by atoms with van der Waals surface area (Å²) >= 11 is 0. The average Bonchev–Trinajstić information content (AvgIpc) is 2.96. The van der Waals surface area contributed by atoms with Crippen LogP contribution in [0.2, 0.25) is 0 Å². The van der Waals surface area contributed by atoms with Crippen molar-refractivity contribution in [3.05, 3.63) is 128 Å². The van der Waals surface area contributed by atoms with Gasteiger partial charge in [-0.25, -0.2) is 9.97 Å². The molecule has 0 saturated carbocycles. The van der Waals surface area contributed by atoms with Crippen molar-refractivity contribution in [2.24, 2.45) is 0 Å². The fourth-order valence-electron chi connectivity index (χ4n) is 4.84. The first kappa shape index (κ1) is 20.5. The number of pyridine rings is 3. The van der Waals surface area contributed by atoms with Crippen LogP contribution < -0.4 is 0 Å². The normalized spacial score (nSPS) is 11.3. The maximum absolute atomic E-state index is 4.97. The number of rotatable bonds is 3. The molecular formula is C33H21N3. The van der Waals surface area contributed by atoms with Crippen LogP contribution in [0, 0.1) is 0 Å². The summed E-state index contributed by atoms with van der Waals surface area (Å²) in [7, 11) is 0. The highest BCUT2D eigenvalue weighted by Crippen LogP contribution is 2.31. The van der Waals surface area contributed by atoms with E-state index in [2.05, 4.69) is 102 Å². The van der Waals surface area contributed by atoms with Gasteiger partial charge in [-0.2, -0.15) is 0 Å². The van der Waals surface area contributed by atoms with Crippen LogP contribution in [0.25, 0.3) is 66.4 Å². The first-order valence-corrected chi connectivity index (χ1v) is 12.0. The number of benzene rings is 4. The van der Waals surface area contributed by atoms with Crippen molar-refractivity contribution in [3.63, 3.8) is 0 Å². The minimum atomic E-state index is 0.936. The molecule has 3 nitrogen and oxygen atoms in total. The summed E-state index contributed by atoms with van der Waals surface area (Å²) in [6, 6.07) is 42.0. The molecule has 0 aliphatic rings. The molecule has 7 rings (SSSR count). The zero-order valence-electron chi connectivity index (χ0n) is 19.5. The van der Waals surface area contributed by atoms with Crippen LogP contribution in [0.4, 0.5) is 0 Å². The highest BCUT2D eigenvalue weighted by atomic mass is 14.7. The molecule has 7 aromatic rings. The first-order valence-electron chi connectivity index (χ1n) is 12.0. The number of hydrogen-bond acceptors (Lipinski definition) is 3. The minimum Gasteiger partial charge on any atom is -0.256 e. The molecule has 0 bridgehead atoms. The molecule has 36 heavy (non-hydrogen) atoms. The molecular weight excluding hydrogens is 438 g/mol. The standard InChI is InChI=1S/C33H21N3/c1-2-6-22(7-3-1)29-17-13-26-20-24(11-15-30(26)35-29)25-12-16-31-27(21-25)14-18-32(36-31)28-10-4-8-23-9-5-19-34-33(23)28/h1-21H. The molecule has 0 fully saturated rings. The lowest BCUT2D eigenvalue weighted by Crippen LogP contribution is -1.89. The zero-order chi connectivity index (χ0) is 23.9. The van der Waals surface area contributed by atoms with Gasteiger partial charge in [-0.3, -0.25) is 4.98 Å². The molecule has 0 saturated heterocycles. The molecule has 0 N–H and O–H groups in total. The second-order valence-electron chi connectivity index (χ2n) is 8.95. The van der Waals surface area contributed by atoms with Gasteiger partial charge >= 0.3 is 0 Å². The Labute approximate surface area is 208 Å². The largest absolute Gasteiger partial charge is 0.256 e. The zero-order valence-corrected chi connectivity index (χ0v) is 19.5. The van der Waals surface area contributed by atoms with E-state index in [9.17, 15) is 0 Å². The van der Waals surface area contributed by atoms with Crippen LogP contribution in [0.15, 0.2) is 128 Å². The van der Waals surface area contributed by atoms with Crippen molar-refractivity contribution in [1.82, 2.24) is 15.0 Å². The first-order chi connectivity index (χ1) is 17.8. The predicted molar refractivity (Wildman–Crippen MR) is 149 cm³/mol. The molecule has 3 aromatic heterocycles. The fourth-order valence-corrected chi connectivity index (χ4v) is 4.84. The maximum Gasteiger partial charge on any atom is 0.0795 e. The smallest absolute Gasteiger partial charge is 0.0795 e. The molecule has 3 heteroatoms. The Kier molecular flexibility index (Phi) is 4.78. The molecule has 0 radical (unpaired) electrons. The highest BCUT2D eigenvalue weighted by molar-refractivity contribution is 5.95. The number of aromatic nitrogens is 3. The van der Waals surface area contributed by atoms with Crippen molar-refractivity contribution in [3.8, 4) is 33.6 Å². The quantitative estimate of drug-likeness (QED) is 0.267. The predicted octanol–water partition coefficient (Wildman–Crippen LogP) is 8.33. The second-order valence-corrected chi connectivity index (χ2v) is 8.95. The van der Waals surface area contributed by atoms with Crippen molar-refractivity contribution in [2.45, 2.75) is 0 Å². The highest BCUT2D eigenvalue weighted by Gasteiger charge is 2.09. The van der Waals surface area contributed by atoms with Gasteiger partial charge in [0.25, 0.3) is 0 Å². The van der Waals surface area contributed by atoms with Gasteiger partial charge < -0.3 is 0 Å². The molecule has 0 atom stereocenters. The Balaban J connectivity index is 1.25. The molecule has 0 spiro atoms. The maximum atomic E-state index is 4.97. The summed E-state index contributed by atoms with van der Waals surface area (Å²) in [5.41, 5.74) is 9.38. The Bertz CT molecular complexity index is 1890. The lowest BCUT2D eigenvalue weighted by Gasteiger charge is -2.09. The Hall–Kier alpha value is -4.89. The van der Waals surface area contributed by atoms with E-state index in [1.54, 1.807) is 0 Å². The van der Waals surface area contributed by atoms with Gasteiger partial charge in [-0.1, -0.05) is 78.9 Å². The molecule has 3 heterocycles. The van der Waals surface area contributed by atoms with Gasteiger partial charge in [-0.15, -0.1) is 0 Å². The Morgan fingerprint density at radius 1 is 0.417 bits per heavy atom. The number of nitrogens with zero attached hydrogens (tertiary/aromatic N) is 3. The van der Waals surface area contributed by atoms with Gasteiger partial charge in [0.2, 0.25) is 0 Å². The topological polar surface area (TPSA) is 38.7 Å². The van der Waals surface area contributed by atoms with E-state index < -0.39 is 0 Å².